The number of carbonyl (C=O) groups is 1. The number of carbonyl (C=O) groups excluding carboxylic acids is 1. The van der Waals surface area contributed by atoms with E-state index in [2.05, 4.69) is 14.5 Å². The first-order valence-electron chi connectivity index (χ1n) is 4.84. The van der Waals surface area contributed by atoms with E-state index >= 15 is 0 Å². The summed E-state index contributed by atoms with van der Waals surface area (Å²) in [6.45, 7) is 3.22. The summed E-state index contributed by atoms with van der Waals surface area (Å²) in [5.41, 5.74) is 0.222. The standard InChI is InChI=1S/C10H9F3INO3/c1-3-17-9(16)6-4-5(2)7(14)15-8(6)18-10(11,12)13/h4H,3H2,1-2H3. The highest BCUT2D eigenvalue weighted by Crippen LogP contribution is 2.27. The molecule has 0 saturated heterocycles. The summed E-state index contributed by atoms with van der Waals surface area (Å²) in [6.07, 6.45) is -4.91. The third-order valence-corrected chi connectivity index (χ3v) is 2.92. The Morgan fingerprint density at radius 2 is 2.11 bits per heavy atom. The van der Waals surface area contributed by atoms with Gasteiger partial charge in [-0.2, -0.15) is 0 Å². The van der Waals surface area contributed by atoms with E-state index in [1.54, 1.807) is 36.4 Å². The van der Waals surface area contributed by atoms with Crippen molar-refractivity contribution < 1.29 is 27.4 Å². The van der Waals surface area contributed by atoms with Gasteiger partial charge in [-0.15, -0.1) is 13.2 Å². The molecule has 8 heteroatoms. The Bertz CT molecular complexity index is 462. The summed E-state index contributed by atoms with van der Waals surface area (Å²) in [7, 11) is 0. The van der Waals surface area contributed by atoms with Gasteiger partial charge < -0.3 is 9.47 Å². The second kappa shape index (κ2) is 5.72. The number of alkyl halides is 3. The highest BCUT2D eigenvalue weighted by Gasteiger charge is 2.34. The molecule has 1 aromatic rings. The smallest absolute Gasteiger partial charge is 0.462 e. The first-order chi connectivity index (χ1) is 8.24. The van der Waals surface area contributed by atoms with Gasteiger partial charge in [0.1, 0.15) is 9.26 Å². The van der Waals surface area contributed by atoms with Crippen LogP contribution in [0, 0.1) is 10.6 Å². The number of esters is 1. The Hall–Kier alpha value is -1.06. The second-order valence-electron chi connectivity index (χ2n) is 3.22. The van der Waals surface area contributed by atoms with E-state index in [0.717, 1.165) is 0 Å². The summed E-state index contributed by atoms with van der Waals surface area (Å²) in [5.74, 6) is -1.69. The van der Waals surface area contributed by atoms with E-state index in [1.165, 1.54) is 6.07 Å². The number of hydrogen-bond donors (Lipinski definition) is 0. The van der Waals surface area contributed by atoms with Crippen LogP contribution in [0.5, 0.6) is 5.88 Å². The number of hydrogen-bond acceptors (Lipinski definition) is 4. The molecule has 0 amide bonds. The molecule has 1 heterocycles. The summed E-state index contributed by atoms with van der Waals surface area (Å²) < 4.78 is 45.2. The van der Waals surface area contributed by atoms with E-state index in [4.69, 9.17) is 0 Å². The van der Waals surface area contributed by atoms with Crippen LogP contribution in [-0.4, -0.2) is 23.9 Å². The molecule has 0 saturated carbocycles. The predicted octanol–water partition coefficient (Wildman–Crippen LogP) is 3.07. The van der Waals surface area contributed by atoms with Crippen molar-refractivity contribution >= 4 is 28.6 Å². The molecule has 0 radical (unpaired) electrons. The maximum atomic E-state index is 12.2. The Morgan fingerprint density at radius 1 is 1.50 bits per heavy atom. The number of nitrogens with zero attached hydrogens (tertiary/aromatic N) is 1. The van der Waals surface area contributed by atoms with Crippen LogP contribution in [-0.2, 0) is 4.74 Å². The largest absolute Gasteiger partial charge is 0.574 e. The summed E-state index contributed by atoms with van der Waals surface area (Å²) >= 11 is 1.75. The van der Waals surface area contributed by atoms with Crippen LogP contribution >= 0.6 is 22.6 Å². The summed E-state index contributed by atoms with van der Waals surface area (Å²) in [4.78, 5) is 15.1. The number of halogens is 4. The van der Waals surface area contributed by atoms with Crippen LogP contribution in [0.2, 0.25) is 0 Å². The van der Waals surface area contributed by atoms with E-state index < -0.39 is 18.2 Å². The molecule has 0 aliphatic heterocycles. The molecular formula is C10H9F3INO3. The Morgan fingerprint density at radius 3 is 2.61 bits per heavy atom. The molecule has 0 unspecified atom stereocenters. The minimum atomic E-state index is -4.91. The van der Waals surface area contributed by atoms with Gasteiger partial charge in [0.25, 0.3) is 0 Å². The lowest BCUT2D eigenvalue weighted by Crippen LogP contribution is -2.21. The third kappa shape index (κ3) is 4.00. The van der Waals surface area contributed by atoms with Crippen LogP contribution < -0.4 is 4.74 Å². The van der Waals surface area contributed by atoms with E-state index in [0.29, 0.717) is 9.26 Å². The second-order valence-corrected chi connectivity index (χ2v) is 4.24. The molecule has 100 valence electrons. The predicted molar refractivity (Wildman–Crippen MR) is 64.3 cm³/mol. The molecule has 0 bridgehead atoms. The highest BCUT2D eigenvalue weighted by atomic mass is 127. The fourth-order valence-corrected chi connectivity index (χ4v) is 1.49. The van der Waals surface area contributed by atoms with E-state index in [-0.39, 0.29) is 12.2 Å². The Labute approximate surface area is 115 Å². The zero-order valence-corrected chi connectivity index (χ0v) is 11.6. The van der Waals surface area contributed by atoms with Gasteiger partial charge in [-0.25, -0.2) is 9.78 Å². The monoisotopic (exact) mass is 375 g/mol. The van der Waals surface area contributed by atoms with Crippen molar-refractivity contribution in [2.24, 2.45) is 0 Å². The molecule has 18 heavy (non-hydrogen) atoms. The van der Waals surface area contributed by atoms with Crippen molar-refractivity contribution in [2.75, 3.05) is 6.61 Å². The SMILES string of the molecule is CCOC(=O)c1cc(C)c(I)nc1OC(F)(F)F. The molecule has 4 nitrogen and oxygen atoms in total. The van der Waals surface area contributed by atoms with Crippen molar-refractivity contribution in [2.45, 2.75) is 20.2 Å². The third-order valence-electron chi connectivity index (χ3n) is 1.82. The van der Waals surface area contributed by atoms with Gasteiger partial charge in [-0.3, -0.25) is 0 Å². The minimum Gasteiger partial charge on any atom is -0.462 e. The molecule has 0 aromatic carbocycles. The van der Waals surface area contributed by atoms with Crippen LogP contribution in [0.4, 0.5) is 13.2 Å². The maximum Gasteiger partial charge on any atom is 0.574 e. The maximum absolute atomic E-state index is 12.2. The van der Waals surface area contributed by atoms with Crippen molar-refractivity contribution in [1.82, 2.24) is 4.98 Å². The molecule has 0 fully saturated rings. The van der Waals surface area contributed by atoms with Gasteiger partial charge >= 0.3 is 12.3 Å². The van der Waals surface area contributed by atoms with Gasteiger partial charge in [0.2, 0.25) is 5.88 Å². The summed E-state index contributed by atoms with van der Waals surface area (Å²) in [5, 5.41) is 0. The molecular weight excluding hydrogens is 366 g/mol. The van der Waals surface area contributed by atoms with Crippen molar-refractivity contribution in [3.8, 4) is 5.88 Å². The van der Waals surface area contributed by atoms with E-state index in [1.807, 2.05) is 0 Å². The van der Waals surface area contributed by atoms with Crippen molar-refractivity contribution in [3.63, 3.8) is 0 Å². The van der Waals surface area contributed by atoms with E-state index in [9.17, 15) is 18.0 Å². The first-order valence-corrected chi connectivity index (χ1v) is 5.92. The number of aryl methyl sites for hydroxylation is 1. The highest BCUT2D eigenvalue weighted by molar-refractivity contribution is 14.1. The quantitative estimate of drug-likeness (QED) is 0.463. The molecule has 0 aliphatic carbocycles. The molecule has 1 rings (SSSR count). The molecule has 0 atom stereocenters. The lowest BCUT2D eigenvalue weighted by atomic mass is 10.2. The van der Waals surface area contributed by atoms with Gasteiger partial charge in [-0.1, -0.05) is 0 Å². The van der Waals surface area contributed by atoms with Gasteiger partial charge in [-0.05, 0) is 48.1 Å². The van der Waals surface area contributed by atoms with Crippen LogP contribution in [0.1, 0.15) is 22.8 Å². The minimum absolute atomic E-state index is 0.0509. The van der Waals surface area contributed by atoms with Gasteiger partial charge in [0.05, 0.1) is 6.61 Å². The van der Waals surface area contributed by atoms with Gasteiger partial charge in [0.15, 0.2) is 0 Å². The molecule has 0 aliphatic rings. The number of pyridine rings is 1. The number of aromatic nitrogens is 1. The average molecular weight is 375 g/mol. The zero-order chi connectivity index (χ0) is 13.9. The lowest BCUT2D eigenvalue weighted by Gasteiger charge is -2.12. The Kier molecular flexibility index (Phi) is 4.77. The zero-order valence-electron chi connectivity index (χ0n) is 9.47. The fraction of sp³-hybridized carbons (Fsp3) is 0.400. The van der Waals surface area contributed by atoms with Crippen molar-refractivity contribution in [1.29, 1.82) is 0 Å². The van der Waals surface area contributed by atoms with Crippen LogP contribution in [0.15, 0.2) is 6.07 Å². The average Bonchev–Trinajstić information content (AvgIpc) is 2.21. The Balaban J connectivity index is 3.21. The topological polar surface area (TPSA) is 48.4 Å². The summed E-state index contributed by atoms with van der Waals surface area (Å²) in [6, 6.07) is 1.26. The number of rotatable bonds is 3. The lowest BCUT2D eigenvalue weighted by molar-refractivity contribution is -0.276. The molecule has 1 aromatic heterocycles. The van der Waals surface area contributed by atoms with Crippen LogP contribution in [0.3, 0.4) is 0 Å². The van der Waals surface area contributed by atoms with Crippen molar-refractivity contribution in [3.05, 3.63) is 20.9 Å². The molecule has 0 N–H and O–H groups in total. The first kappa shape index (κ1) is 15.0. The number of ether oxygens (including phenoxy) is 2. The molecule has 0 spiro atoms. The fourth-order valence-electron chi connectivity index (χ4n) is 1.12. The normalized spacial score (nSPS) is 11.2. The van der Waals surface area contributed by atoms with Gasteiger partial charge in [0, 0.05) is 0 Å². The van der Waals surface area contributed by atoms with Crippen LogP contribution in [0.25, 0.3) is 0 Å².